The van der Waals surface area contributed by atoms with Crippen molar-refractivity contribution >= 4 is 11.8 Å². The molecule has 0 aromatic carbocycles. The Balaban J connectivity index is 3.15. The zero-order valence-corrected chi connectivity index (χ0v) is 17.4. The number of carbonyl (C=O) groups is 2. The number of unbranched alkanes of at least 4 members (excludes halogenated alkanes) is 11. The fourth-order valence-electron chi connectivity index (χ4n) is 3.15. The Kier molecular flexibility index (Phi) is 18.2. The molecule has 4 heteroatoms. The molecule has 0 fully saturated rings. The van der Waals surface area contributed by atoms with E-state index in [4.69, 9.17) is 5.11 Å². The molecule has 0 heterocycles. The molecule has 0 aliphatic carbocycles. The number of rotatable bonds is 20. The first-order chi connectivity index (χ1) is 12.5. The molecule has 0 saturated heterocycles. The Hall–Kier alpha value is -0.900. The highest BCUT2D eigenvalue weighted by Crippen LogP contribution is 2.14. The van der Waals surface area contributed by atoms with Gasteiger partial charge in [0.05, 0.1) is 13.0 Å². The van der Waals surface area contributed by atoms with E-state index in [1.54, 1.807) is 0 Å². The lowest BCUT2D eigenvalue weighted by atomic mass is 10.0. The lowest BCUT2D eigenvalue weighted by Gasteiger charge is -2.05. The van der Waals surface area contributed by atoms with Gasteiger partial charge in [-0.05, 0) is 12.3 Å². The number of carboxylic acid groups (broad SMARTS) is 1. The summed E-state index contributed by atoms with van der Waals surface area (Å²) < 4.78 is 0. The summed E-state index contributed by atoms with van der Waals surface area (Å²) in [5, 5.41) is 11.4. The molecule has 2 N–H and O–H groups in total. The Morgan fingerprint density at radius 3 is 1.65 bits per heavy atom. The summed E-state index contributed by atoms with van der Waals surface area (Å²) in [4.78, 5) is 22.0. The molecule has 0 atom stereocenters. The molecule has 154 valence electrons. The highest BCUT2D eigenvalue weighted by Gasteiger charge is 2.02. The number of carbonyl (C=O) groups excluding carboxylic acids is 1. The van der Waals surface area contributed by atoms with Gasteiger partial charge in [0.1, 0.15) is 5.78 Å². The van der Waals surface area contributed by atoms with Crippen molar-refractivity contribution in [1.82, 2.24) is 5.32 Å². The third kappa shape index (κ3) is 21.1. The molecular weight excluding hydrogens is 326 g/mol. The van der Waals surface area contributed by atoms with Crippen molar-refractivity contribution in [3.63, 3.8) is 0 Å². The van der Waals surface area contributed by atoms with Crippen LogP contribution in [0.15, 0.2) is 0 Å². The van der Waals surface area contributed by atoms with Gasteiger partial charge in [-0.15, -0.1) is 0 Å². The monoisotopic (exact) mass is 369 g/mol. The first-order valence-electron chi connectivity index (χ1n) is 11.0. The van der Waals surface area contributed by atoms with Crippen LogP contribution in [-0.2, 0) is 9.59 Å². The fraction of sp³-hybridized carbons (Fsp3) is 0.909. The smallest absolute Gasteiger partial charge is 0.304 e. The quantitative estimate of drug-likeness (QED) is 0.269. The van der Waals surface area contributed by atoms with E-state index in [2.05, 4.69) is 19.2 Å². The maximum absolute atomic E-state index is 11.6. The molecule has 0 bridgehead atoms. The molecule has 0 aromatic rings. The molecule has 0 radical (unpaired) electrons. The van der Waals surface area contributed by atoms with Crippen molar-refractivity contribution in [3.05, 3.63) is 0 Å². The van der Waals surface area contributed by atoms with Crippen LogP contribution in [0.5, 0.6) is 0 Å². The first-order valence-corrected chi connectivity index (χ1v) is 11.0. The molecule has 0 rings (SSSR count). The van der Waals surface area contributed by atoms with E-state index < -0.39 is 5.97 Å². The van der Waals surface area contributed by atoms with Crippen LogP contribution in [-0.4, -0.2) is 29.9 Å². The highest BCUT2D eigenvalue weighted by atomic mass is 16.4. The average Bonchev–Trinajstić information content (AvgIpc) is 2.58. The van der Waals surface area contributed by atoms with Crippen LogP contribution >= 0.6 is 0 Å². The van der Waals surface area contributed by atoms with Crippen molar-refractivity contribution in [1.29, 1.82) is 0 Å². The van der Waals surface area contributed by atoms with E-state index in [-0.39, 0.29) is 12.2 Å². The van der Waals surface area contributed by atoms with Gasteiger partial charge in [0.25, 0.3) is 0 Å². The van der Waals surface area contributed by atoms with Crippen LogP contribution in [0, 0.1) is 5.92 Å². The van der Waals surface area contributed by atoms with Crippen molar-refractivity contribution < 1.29 is 14.7 Å². The largest absolute Gasteiger partial charge is 0.481 e. The number of hydrogen-bond donors (Lipinski definition) is 2. The van der Waals surface area contributed by atoms with Crippen LogP contribution < -0.4 is 5.32 Å². The first kappa shape index (κ1) is 25.1. The van der Waals surface area contributed by atoms with Crippen LogP contribution in [0.4, 0.5) is 0 Å². The molecule has 0 unspecified atom stereocenters. The minimum Gasteiger partial charge on any atom is -0.481 e. The topological polar surface area (TPSA) is 66.4 Å². The van der Waals surface area contributed by atoms with E-state index in [1.165, 1.54) is 70.6 Å². The second-order valence-corrected chi connectivity index (χ2v) is 8.03. The summed E-state index contributed by atoms with van der Waals surface area (Å²) in [5.74, 6) is 0.226. The number of nitrogens with one attached hydrogen (secondary N) is 1. The van der Waals surface area contributed by atoms with Gasteiger partial charge in [-0.2, -0.15) is 0 Å². The Bertz CT molecular complexity index is 342. The third-order valence-electron chi connectivity index (χ3n) is 4.82. The summed E-state index contributed by atoms with van der Waals surface area (Å²) in [7, 11) is 0. The van der Waals surface area contributed by atoms with Gasteiger partial charge in [-0.1, -0.05) is 90.9 Å². The Morgan fingerprint density at radius 2 is 1.19 bits per heavy atom. The second kappa shape index (κ2) is 18.9. The molecule has 0 amide bonds. The van der Waals surface area contributed by atoms with E-state index in [1.807, 2.05) is 0 Å². The van der Waals surface area contributed by atoms with Crippen molar-refractivity contribution in [3.8, 4) is 0 Å². The average molecular weight is 370 g/mol. The number of ketones is 1. The molecule has 0 aliphatic heterocycles. The molecular formula is C22H43NO3. The normalized spacial score (nSPS) is 11.2. The van der Waals surface area contributed by atoms with Crippen molar-refractivity contribution in [2.24, 2.45) is 5.92 Å². The summed E-state index contributed by atoms with van der Waals surface area (Å²) in [5.41, 5.74) is 0. The lowest BCUT2D eigenvalue weighted by molar-refractivity contribution is -0.137. The summed E-state index contributed by atoms with van der Waals surface area (Å²) in [6, 6.07) is 0. The van der Waals surface area contributed by atoms with Gasteiger partial charge in [0, 0.05) is 13.0 Å². The number of carboxylic acids is 1. The van der Waals surface area contributed by atoms with Gasteiger partial charge in [-0.25, -0.2) is 0 Å². The zero-order chi connectivity index (χ0) is 19.5. The Labute approximate surface area is 161 Å². The van der Waals surface area contributed by atoms with E-state index in [0.29, 0.717) is 19.5 Å². The molecule has 0 spiro atoms. The maximum atomic E-state index is 11.6. The van der Waals surface area contributed by atoms with Crippen molar-refractivity contribution in [2.75, 3.05) is 13.1 Å². The van der Waals surface area contributed by atoms with Crippen LogP contribution in [0.2, 0.25) is 0 Å². The third-order valence-corrected chi connectivity index (χ3v) is 4.82. The SMILES string of the molecule is CC(C)CCCCCCCCCCCCCCC(=O)CNCCC(=O)O. The van der Waals surface area contributed by atoms with Gasteiger partial charge in [0.2, 0.25) is 0 Å². The van der Waals surface area contributed by atoms with E-state index >= 15 is 0 Å². The second-order valence-electron chi connectivity index (χ2n) is 8.03. The van der Waals surface area contributed by atoms with Crippen molar-refractivity contribution in [2.45, 2.75) is 110 Å². The minimum atomic E-state index is -0.827. The maximum Gasteiger partial charge on any atom is 0.304 e. The lowest BCUT2D eigenvalue weighted by Crippen LogP contribution is -2.25. The summed E-state index contributed by atoms with van der Waals surface area (Å²) in [6.45, 7) is 5.30. The highest BCUT2D eigenvalue weighted by molar-refractivity contribution is 5.80. The van der Waals surface area contributed by atoms with Gasteiger partial charge < -0.3 is 10.4 Å². The van der Waals surface area contributed by atoms with Gasteiger partial charge >= 0.3 is 5.97 Å². The fourth-order valence-corrected chi connectivity index (χ4v) is 3.15. The molecule has 0 saturated carbocycles. The van der Waals surface area contributed by atoms with E-state index in [0.717, 1.165) is 18.8 Å². The number of hydrogen-bond acceptors (Lipinski definition) is 3. The summed E-state index contributed by atoms with van der Waals surface area (Å²) >= 11 is 0. The Morgan fingerprint density at radius 1 is 0.731 bits per heavy atom. The predicted molar refractivity (Wildman–Crippen MR) is 110 cm³/mol. The number of aliphatic carboxylic acids is 1. The molecule has 0 aliphatic rings. The van der Waals surface area contributed by atoms with E-state index in [9.17, 15) is 9.59 Å². The van der Waals surface area contributed by atoms with Crippen LogP contribution in [0.25, 0.3) is 0 Å². The zero-order valence-electron chi connectivity index (χ0n) is 17.4. The molecule has 26 heavy (non-hydrogen) atoms. The van der Waals surface area contributed by atoms with Crippen LogP contribution in [0.1, 0.15) is 110 Å². The standard InChI is InChI=1S/C22H43NO3/c1-20(2)15-13-11-9-7-5-3-4-6-8-10-12-14-16-21(24)19-23-18-17-22(25)26/h20,23H,3-19H2,1-2H3,(H,25,26). The van der Waals surface area contributed by atoms with Crippen LogP contribution in [0.3, 0.4) is 0 Å². The van der Waals surface area contributed by atoms with Gasteiger partial charge in [0.15, 0.2) is 0 Å². The molecule has 4 nitrogen and oxygen atoms in total. The predicted octanol–water partition coefficient (Wildman–Crippen LogP) is 5.74. The van der Waals surface area contributed by atoms with Gasteiger partial charge in [-0.3, -0.25) is 9.59 Å². The molecule has 0 aromatic heterocycles. The summed E-state index contributed by atoms with van der Waals surface area (Å²) in [6.07, 6.45) is 17.8. The minimum absolute atomic E-state index is 0.0748. The number of Topliss-reactive ketones (excluding diaryl/α,β-unsaturated/α-hetero) is 1.